The molecular weight excluding hydrogens is 238 g/mol. The average molecular weight is 257 g/mol. The van der Waals surface area contributed by atoms with E-state index in [9.17, 15) is 4.79 Å². The molecule has 0 fully saturated rings. The van der Waals surface area contributed by atoms with E-state index in [1.807, 2.05) is 20.1 Å². The van der Waals surface area contributed by atoms with Crippen molar-refractivity contribution < 1.29 is 9.32 Å². The number of thioether (sulfide) groups is 1. The highest BCUT2D eigenvalue weighted by Crippen LogP contribution is 2.11. The van der Waals surface area contributed by atoms with Crippen molar-refractivity contribution >= 4 is 17.7 Å². The largest absolute Gasteiger partial charge is 0.361 e. The van der Waals surface area contributed by atoms with Gasteiger partial charge >= 0.3 is 0 Å². The van der Waals surface area contributed by atoms with E-state index in [1.165, 1.54) is 0 Å². The van der Waals surface area contributed by atoms with Crippen molar-refractivity contribution in [2.75, 3.05) is 12.0 Å². The molecule has 96 valence electrons. The number of hydrogen-bond acceptors (Lipinski definition) is 5. The first-order valence-corrected chi connectivity index (χ1v) is 6.89. The normalized spacial score (nSPS) is 12.5. The third kappa shape index (κ3) is 4.05. The van der Waals surface area contributed by atoms with Crippen LogP contribution in [0.4, 0.5) is 0 Å². The maximum atomic E-state index is 11.7. The van der Waals surface area contributed by atoms with Gasteiger partial charge in [0.25, 0.3) is 0 Å². The summed E-state index contributed by atoms with van der Waals surface area (Å²) >= 11 is 1.68. The maximum absolute atomic E-state index is 11.7. The van der Waals surface area contributed by atoms with E-state index in [1.54, 1.807) is 11.8 Å². The van der Waals surface area contributed by atoms with E-state index < -0.39 is 6.04 Å². The first-order valence-electron chi connectivity index (χ1n) is 5.50. The maximum Gasteiger partial charge on any atom is 0.237 e. The van der Waals surface area contributed by atoms with Crippen molar-refractivity contribution in [2.24, 2.45) is 5.73 Å². The number of carbonyl (C=O) groups excluding carboxylic acids is 1. The highest BCUT2D eigenvalue weighted by molar-refractivity contribution is 7.98. The molecule has 0 unspecified atom stereocenters. The zero-order valence-electron chi connectivity index (χ0n) is 10.4. The van der Waals surface area contributed by atoms with Crippen molar-refractivity contribution in [3.8, 4) is 0 Å². The Morgan fingerprint density at radius 2 is 2.29 bits per heavy atom. The van der Waals surface area contributed by atoms with Crippen molar-refractivity contribution in [1.82, 2.24) is 10.5 Å². The lowest BCUT2D eigenvalue weighted by atomic mass is 10.2. The lowest BCUT2D eigenvalue weighted by molar-refractivity contribution is -0.122. The molecule has 1 amide bonds. The van der Waals surface area contributed by atoms with Crippen molar-refractivity contribution in [3.63, 3.8) is 0 Å². The van der Waals surface area contributed by atoms with Crippen LogP contribution in [0.3, 0.4) is 0 Å². The van der Waals surface area contributed by atoms with Gasteiger partial charge in [0.2, 0.25) is 5.91 Å². The third-order valence-corrected chi connectivity index (χ3v) is 3.23. The minimum absolute atomic E-state index is 0.126. The number of rotatable bonds is 6. The van der Waals surface area contributed by atoms with Gasteiger partial charge in [0.1, 0.15) is 5.76 Å². The third-order valence-electron chi connectivity index (χ3n) is 2.59. The number of aromatic nitrogens is 1. The smallest absolute Gasteiger partial charge is 0.237 e. The topological polar surface area (TPSA) is 81.2 Å². The zero-order valence-corrected chi connectivity index (χ0v) is 11.3. The second-order valence-corrected chi connectivity index (χ2v) is 4.89. The van der Waals surface area contributed by atoms with E-state index in [0.717, 1.165) is 22.8 Å². The molecule has 17 heavy (non-hydrogen) atoms. The summed E-state index contributed by atoms with van der Waals surface area (Å²) in [5.74, 6) is 1.50. The van der Waals surface area contributed by atoms with Crippen LogP contribution in [0.25, 0.3) is 0 Å². The monoisotopic (exact) mass is 257 g/mol. The molecule has 0 aliphatic carbocycles. The van der Waals surface area contributed by atoms with E-state index >= 15 is 0 Å². The summed E-state index contributed by atoms with van der Waals surface area (Å²) in [6, 6.07) is -0.442. The van der Waals surface area contributed by atoms with Crippen molar-refractivity contribution in [3.05, 3.63) is 17.0 Å². The average Bonchev–Trinajstić information content (AvgIpc) is 2.63. The molecule has 0 aliphatic heterocycles. The van der Waals surface area contributed by atoms with Gasteiger partial charge in [-0.3, -0.25) is 4.79 Å². The minimum atomic E-state index is -0.442. The number of aryl methyl sites for hydroxylation is 2. The molecule has 1 rings (SSSR count). The van der Waals surface area contributed by atoms with Gasteiger partial charge in [-0.05, 0) is 32.3 Å². The summed E-state index contributed by atoms with van der Waals surface area (Å²) in [7, 11) is 0. The van der Waals surface area contributed by atoms with E-state index in [4.69, 9.17) is 10.3 Å². The van der Waals surface area contributed by atoms with Crippen LogP contribution >= 0.6 is 11.8 Å². The SMILES string of the molecule is CSCC[C@H](N)C(=O)NCc1c(C)noc1C. The number of hydrogen-bond donors (Lipinski definition) is 2. The molecular formula is C11H19N3O2S. The van der Waals surface area contributed by atoms with Gasteiger partial charge in [0.15, 0.2) is 0 Å². The lowest BCUT2D eigenvalue weighted by Crippen LogP contribution is -2.40. The second-order valence-electron chi connectivity index (χ2n) is 3.91. The van der Waals surface area contributed by atoms with Gasteiger partial charge in [-0.25, -0.2) is 0 Å². The van der Waals surface area contributed by atoms with Crippen molar-refractivity contribution in [2.45, 2.75) is 32.9 Å². The van der Waals surface area contributed by atoms with Crippen LogP contribution in [0.15, 0.2) is 4.52 Å². The Morgan fingerprint density at radius 1 is 1.59 bits per heavy atom. The Morgan fingerprint density at radius 3 is 2.82 bits per heavy atom. The summed E-state index contributed by atoms with van der Waals surface area (Å²) < 4.78 is 5.02. The number of amides is 1. The molecule has 1 aromatic rings. The van der Waals surface area contributed by atoms with Gasteiger partial charge in [0, 0.05) is 12.1 Å². The Hall–Kier alpha value is -1.01. The quantitative estimate of drug-likeness (QED) is 0.794. The van der Waals surface area contributed by atoms with Crippen LogP contribution < -0.4 is 11.1 Å². The summed E-state index contributed by atoms with van der Waals surface area (Å²) in [5, 5.41) is 6.63. The van der Waals surface area contributed by atoms with Crippen LogP contribution in [0.5, 0.6) is 0 Å². The standard InChI is InChI=1S/C11H19N3O2S/c1-7-9(8(2)16-14-7)6-13-11(15)10(12)4-5-17-3/h10H,4-6,12H2,1-3H3,(H,13,15)/t10-/m0/s1. The molecule has 0 aromatic carbocycles. The Labute approximate surface area is 105 Å². The summed E-state index contributed by atoms with van der Waals surface area (Å²) in [6.45, 7) is 4.10. The fourth-order valence-electron chi connectivity index (χ4n) is 1.44. The lowest BCUT2D eigenvalue weighted by Gasteiger charge is -2.11. The van der Waals surface area contributed by atoms with Crippen LogP contribution in [-0.4, -0.2) is 29.1 Å². The summed E-state index contributed by atoms with van der Waals surface area (Å²) in [5.41, 5.74) is 7.49. The summed E-state index contributed by atoms with van der Waals surface area (Å²) in [4.78, 5) is 11.7. The predicted molar refractivity (Wildman–Crippen MR) is 68.8 cm³/mol. The van der Waals surface area contributed by atoms with Crippen LogP contribution in [0.1, 0.15) is 23.4 Å². The number of nitrogens with zero attached hydrogens (tertiary/aromatic N) is 1. The zero-order chi connectivity index (χ0) is 12.8. The van der Waals surface area contributed by atoms with Gasteiger partial charge < -0.3 is 15.6 Å². The molecule has 0 saturated heterocycles. The molecule has 1 aromatic heterocycles. The number of nitrogens with two attached hydrogens (primary N) is 1. The fraction of sp³-hybridized carbons (Fsp3) is 0.636. The number of nitrogens with one attached hydrogen (secondary N) is 1. The Bertz CT molecular complexity index is 359. The molecule has 0 radical (unpaired) electrons. The van der Waals surface area contributed by atoms with Crippen LogP contribution in [-0.2, 0) is 11.3 Å². The molecule has 3 N–H and O–H groups in total. The van der Waals surface area contributed by atoms with E-state index in [-0.39, 0.29) is 5.91 Å². The first-order chi connectivity index (χ1) is 8.06. The molecule has 5 nitrogen and oxygen atoms in total. The Kier molecular flexibility index (Phi) is 5.50. The van der Waals surface area contributed by atoms with Gasteiger partial charge in [-0.2, -0.15) is 11.8 Å². The predicted octanol–water partition coefficient (Wildman–Crippen LogP) is 0.988. The van der Waals surface area contributed by atoms with Crippen LogP contribution in [0.2, 0.25) is 0 Å². The molecule has 6 heteroatoms. The highest BCUT2D eigenvalue weighted by Gasteiger charge is 2.15. The first kappa shape index (κ1) is 14.1. The van der Waals surface area contributed by atoms with Crippen molar-refractivity contribution in [1.29, 1.82) is 0 Å². The van der Waals surface area contributed by atoms with E-state index in [2.05, 4.69) is 10.5 Å². The minimum Gasteiger partial charge on any atom is -0.361 e. The van der Waals surface area contributed by atoms with E-state index in [0.29, 0.717) is 13.0 Å². The molecule has 1 atom stereocenters. The second kappa shape index (κ2) is 6.66. The van der Waals surface area contributed by atoms with Gasteiger partial charge in [0.05, 0.1) is 11.7 Å². The molecule has 0 aliphatic rings. The molecule has 0 bridgehead atoms. The fourth-order valence-corrected chi connectivity index (χ4v) is 1.93. The highest BCUT2D eigenvalue weighted by atomic mass is 32.2. The van der Waals surface area contributed by atoms with Crippen LogP contribution in [0, 0.1) is 13.8 Å². The molecule has 1 heterocycles. The van der Waals surface area contributed by atoms with Gasteiger partial charge in [-0.1, -0.05) is 5.16 Å². The van der Waals surface area contributed by atoms with Gasteiger partial charge in [-0.15, -0.1) is 0 Å². The number of carbonyl (C=O) groups is 1. The summed E-state index contributed by atoms with van der Waals surface area (Å²) in [6.07, 6.45) is 2.68. The molecule has 0 spiro atoms. The Balaban J connectivity index is 2.43. The molecule has 0 saturated carbocycles.